The first-order chi connectivity index (χ1) is 12.1. The average molecular weight is 369 g/mol. The number of aromatic nitrogens is 2. The molecule has 2 aromatic heterocycles. The van der Waals surface area contributed by atoms with Gasteiger partial charge in [0.25, 0.3) is 5.91 Å². The number of carbonyl (C=O) groups is 1. The Bertz CT molecular complexity index is 1020. The van der Waals surface area contributed by atoms with Gasteiger partial charge in [-0.25, -0.2) is 15.0 Å². The van der Waals surface area contributed by atoms with Crippen molar-refractivity contribution in [3.05, 3.63) is 51.1 Å². The van der Waals surface area contributed by atoms with Gasteiger partial charge < -0.3 is 5.32 Å². The highest BCUT2D eigenvalue weighted by molar-refractivity contribution is 7.16. The van der Waals surface area contributed by atoms with Crippen molar-refractivity contribution in [2.45, 2.75) is 13.5 Å². The molecule has 0 unspecified atom stereocenters. The number of hydrogen-bond acceptors (Lipinski definition) is 7. The van der Waals surface area contributed by atoms with Gasteiger partial charge in [0.2, 0.25) is 5.96 Å². The number of benzene rings is 1. The standard InChI is InChI=1S/C17H15N5OS2/c1-10-8-24-15(20-10)7-18-17-21-13(16(23)22(17)2)5-11-3-4-12-14(6-11)25-9-19-12/h3-6,8-9H,7H2,1-2H3,(H,18,21)/b13-5-. The summed E-state index contributed by atoms with van der Waals surface area (Å²) in [4.78, 5) is 27.1. The van der Waals surface area contributed by atoms with Gasteiger partial charge >= 0.3 is 0 Å². The van der Waals surface area contributed by atoms with Crippen LogP contribution >= 0.6 is 22.7 Å². The average Bonchev–Trinajstić information content (AvgIpc) is 3.29. The van der Waals surface area contributed by atoms with Crippen molar-refractivity contribution in [1.29, 1.82) is 0 Å². The van der Waals surface area contributed by atoms with Gasteiger partial charge in [0.1, 0.15) is 10.7 Å². The molecule has 1 aliphatic heterocycles. The van der Waals surface area contributed by atoms with Crippen LogP contribution in [-0.2, 0) is 11.3 Å². The second-order valence-corrected chi connectivity index (χ2v) is 7.47. The smallest absolute Gasteiger partial charge is 0.279 e. The molecule has 1 aromatic carbocycles. The molecule has 126 valence electrons. The summed E-state index contributed by atoms with van der Waals surface area (Å²) in [7, 11) is 1.72. The minimum atomic E-state index is -0.123. The number of nitrogens with one attached hydrogen (secondary N) is 1. The lowest BCUT2D eigenvalue weighted by atomic mass is 10.2. The van der Waals surface area contributed by atoms with E-state index in [0.717, 1.165) is 26.5 Å². The molecule has 0 aliphatic carbocycles. The number of fused-ring (bicyclic) bond motifs is 1. The SMILES string of the molecule is Cc1csc(CNC2=N/C(=C\c3ccc4ncsc4c3)C(=O)N2C)n1. The van der Waals surface area contributed by atoms with Crippen LogP contribution in [0, 0.1) is 6.92 Å². The van der Waals surface area contributed by atoms with Crippen molar-refractivity contribution in [3.63, 3.8) is 0 Å². The zero-order valence-corrected chi connectivity index (χ0v) is 15.3. The summed E-state index contributed by atoms with van der Waals surface area (Å²) < 4.78 is 1.09. The van der Waals surface area contributed by atoms with E-state index in [0.29, 0.717) is 18.2 Å². The zero-order valence-electron chi connectivity index (χ0n) is 13.7. The van der Waals surface area contributed by atoms with E-state index in [1.807, 2.05) is 36.0 Å². The summed E-state index contributed by atoms with van der Waals surface area (Å²) in [6.45, 7) is 2.51. The molecule has 0 atom stereocenters. The molecule has 6 nitrogen and oxygen atoms in total. The minimum absolute atomic E-state index is 0.123. The van der Waals surface area contributed by atoms with Gasteiger partial charge in [-0.2, -0.15) is 0 Å². The molecule has 1 aliphatic rings. The van der Waals surface area contributed by atoms with Crippen molar-refractivity contribution < 1.29 is 4.79 Å². The first-order valence-corrected chi connectivity index (χ1v) is 9.42. The Kier molecular flexibility index (Phi) is 4.06. The van der Waals surface area contributed by atoms with E-state index in [1.165, 1.54) is 4.90 Å². The van der Waals surface area contributed by atoms with Gasteiger partial charge in [-0.3, -0.25) is 9.69 Å². The normalized spacial score (nSPS) is 16.1. The third-order valence-electron chi connectivity index (χ3n) is 3.79. The molecular weight excluding hydrogens is 354 g/mol. The third-order valence-corrected chi connectivity index (χ3v) is 5.55. The van der Waals surface area contributed by atoms with Crippen LogP contribution in [0.3, 0.4) is 0 Å². The van der Waals surface area contributed by atoms with Crippen molar-refractivity contribution in [2.24, 2.45) is 4.99 Å². The number of likely N-dealkylation sites (N-methyl/N-ethyl adjacent to an activating group) is 1. The van der Waals surface area contributed by atoms with Crippen LogP contribution in [0.15, 0.2) is 39.8 Å². The van der Waals surface area contributed by atoms with Gasteiger partial charge in [0.15, 0.2) is 0 Å². The van der Waals surface area contributed by atoms with Crippen LogP contribution in [0.2, 0.25) is 0 Å². The maximum Gasteiger partial charge on any atom is 0.279 e. The number of thiazole rings is 2. The topological polar surface area (TPSA) is 70.5 Å². The number of rotatable bonds is 3. The third kappa shape index (κ3) is 3.18. The lowest BCUT2D eigenvalue weighted by Crippen LogP contribution is -2.37. The second kappa shape index (κ2) is 6.38. The van der Waals surface area contributed by atoms with E-state index in [-0.39, 0.29) is 5.91 Å². The summed E-state index contributed by atoms with van der Waals surface area (Å²) in [6, 6.07) is 5.92. The van der Waals surface area contributed by atoms with E-state index < -0.39 is 0 Å². The fraction of sp³-hybridized carbons (Fsp3) is 0.176. The number of guanidine groups is 1. The molecule has 4 rings (SSSR count). The Morgan fingerprint density at radius 2 is 2.20 bits per heavy atom. The first-order valence-electron chi connectivity index (χ1n) is 7.67. The number of aryl methyl sites for hydroxylation is 1. The number of carbonyl (C=O) groups excluding carboxylic acids is 1. The van der Waals surface area contributed by atoms with Crippen molar-refractivity contribution in [3.8, 4) is 0 Å². The van der Waals surface area contributed by atoms with E-state index in [2.05, 4.69) is 20.3 Å². The monoisotopic (exact) mass is 369 g/mol. The molecule has 1 N–H and O–H groups in total. The fourth-order valence-electron chi connectivity index (χ4n) is 2.51. The molecule has 0 saturated heterocycles. The molecule has 3 heterocycles. The summed E-state index contributed by atoms with van der Waals surface area (Å²) in [6.07, 6.45) is 1.81. The van der Waals surface area contributed by atoms with Crippen molar-refractivity contribution in [1.82, 2.24) is 20.2 Å². The fourth-order valence-corrected chi connectivity index (χ4v) is 3.95. The van der Waals surface area contributed by atoms with Crippen molar-refractivity contribution in [2.75, 3.05) is 7.05 Å². The lowest BCUT2D eigenvalue weighted by molar-refractivity contribution is -0.121. The number of hydrogen-bond donors (Lipinski definition) is 1. The molecular formula is C17H15N5OS2. The second-order valence-electron chi connectivity index (χ2n) is 5.64. The zero-order chi connectivity index (χ0) is 17.4. The molecule has 3 aromatic rings. The van der Waals surface area contributed by atoms with Crippen molar-refractivity contribution >= 4 is 50.8 Å². The largest absolute Gasteiger partial charge is 0.349 e. The van der Waals surface area contributed by atoms with Gasteiger partial charge in [-0.15, -0.1) is 22.7 Å². The maximum absolute atomic E-state index is 12.4. The van der Waals surface area contributed by atoms with Crippen LogP contribution in [0.4, 0.5) is 0 Å². The van der Waals surface area contributed by atoms with Crippen LogP contribution in [0.1, 0.15) is 16.3 Å². The van der Waals surface area contributed by atoms with Crippen LogP contribution in [0.25, 0.3) is 16.3 Å². The summed E-state index contributed by atoms with van der Waals surface area (Å²) >= 11 is 3.17. The summed E-state index contributed by atoms with van der Waals surface area (Å²) in [5.74, 6) is 0.421. The Balaban J connectivity index is 1.56. The molecule has 8 heteroatoms. The Morgan fingerprint density at radius 3 is 3.00 bits per heavy atom. The maximum atomic E-state index is 12.4. The summed E-state index contributed by atoms with van der Waals surface area (Å²) in [5.41, 5.74) is 5.14. The predicted molar refractivity (Wildman–Crippen MR) is 101 cm³/mol. The first kappa shape index (κ1) is 15.9. The molecule has 0 radical (unpaired) electrons. The molecule has 0 bridgehead atoms. The molecule has 0 spiro atoms. The van der Waals surface area contributed by atoms with Gasteiger partial charge in [-0.1, -0.05) is 6.07 Å². The molecule has 25 heavy (non-hydrogen) atoms. The Hall–Kier alpha value is -2.58. The van der Waals surface area contributed by atoms with Crippen LogP contribution in [-0.4, -0.2) is 33.8 Å². The molecule has 0 fully saturated rings. The number of amides is 1. The molecule has 0 saturated carbocycles. The number of nitrogens with zero attached hydrogens (tertiary/aromatic N) is 4. The highest BCUT2D eigenvalue weighted by Gasteiger charge is 2.26. The highest BCUT2D eigenvalue weighted by Crippen LogP contribution is 2.22. The van der Waals surface area contributed by atoms with Gasteiger partial charge in [-0.05, 0) is 30.7 Å². The minimum Gasteiger partial charge on any atom is -0.349 e. The van der Waals surface area contributed by atoms with E-state index in [1.54, 1.807) is 35.8 Å². The Morgan fingerprint density at radius 1 is 1.32 bits per heavy atom. The summed E-state index contributed by atoms with van der Waals surface area (Å²) in [5, 5.41) is 6.16. The van der Waals surface area contributed by atoms with Gasteiger partial charge in [0.05, 0.1) is 22.3 Å². The van der Waals surface area contributed by atoms with E-state index >= 15 is 0 Å². The quantitative estimate of drug-likeness (QED) is 0.721. The van der Waals surface area contributed by atoms with Crippen LogP contribution in [0.5, 0.6) is 0 Å². The van der Waals surface area contributed by atoms with Gasteiger partial charge in [0, 0.05) is 18.1 Å². The Labute approximate surface area is 152 Å². The number of aliphatic imine (C=N–C) groups is 1. The highest BCUT2D eigenvalue weighted by atomic mass is 32.1. The van der Waals surface area contributed by atoms with E-state index in [9.17, 15) is 4.79 Å². The molecule has 1 amide bonds. The predicted octanol–water partition coefficient (Wildman–Crippen LogP) is 3.02. The van der Waals surface area contributed by atoms with E-state index in [4.69, 9.17) is 0 Å². The van der Waals surface area contributed by atoms with Crippen LogP contribution < -0.4 is 5.32 Å². The lowest BCUT2D eigenvalue weighted by Gasteiger charge is -2.12.